The fourth-order valence-corrected chi connectivity index (χ4v) is 3.41. The van der Waals surface area contributed by atoms with Crippen molar-refractivity contribution in [3.8, 4) is 28.3 Å². The van der Waals surface area contributed by atoms with Crippen LogP contribution in [0.15, 0.2) is 52.2 Å². The first-order valence-corrected chi connectivity index (χ1v) is 10.1. The van der Waals surface area contributed by atoms with Crippen molar-refractivity contribution in [3.05, 3.63) is 52.8 Å². The third-order valence-corrected chi connectivity index (χ3v) is 5.18. The molecule has 4 aromatic rings. The number of nitrogens with two attached hydrogens (primary N) is 1. The second kappa shape index (κ2) is 7.11. The van der Waals surface area contributed by atoms with Crippen LogP contribution >= 0.6 is 0 Å². The number of H-pyrrole nitrogens is 2. The molecule has 0 aliphatic carbocycles. The van der Waals surface area contributed by atoms with Gasteiger partial charge in [0.05, 0.1) is 17.1 Å². The molecule has 0 saturated carbocycles. The monoisotopic (exact) mass is 412 g/mol. The van der Waals surface area contributed by atoms with Crippen molar-refractivity contribution in [1.29, 1.82) is 0 Å². The molecular weight excluding hydrogens is 396 g/mol. The molecule has 148 valence electrons. The number of fused-ring (bicyclic) bond motifs is 1. The molecule has 11 heteroatoms. The number of benzene rings is 2. The minimum absolute atomic E-state index is 0.0335. The van der Waals surface area contributed by atoms with Crippen molar-refractivity contribution >= 4 is 21.2 Å². The number of hydrogen-bond donors (Lipinski definition) is 3. The summed E-state index contributed by atoms with van der Waals surface area (Å²) in [6.07, 6.45) is 0. The topological polar surface area (TPSA) is 157 Å². The summed E-state index contributed by atoms with van der Waals surface area (Å²) in [6, 6.07) is 11.6. The molecule has 0 aliphatic heterocycles. The molecule has 2 aromatic carbocycles. The van der Waals surface area contributed by atoms with Gasteiger partial charge < -0.3 is 9.72 Å². The highest BCUT2D eigenvalue weighted by atomic mass is 32.2. The van der Waals surface area contributed by atoms with Gasteiger partial charge >= 0.3 is 0 Å². The van der Waals surface area contributed by atoms with Crippen LogP contribution in [0.1, 0.15) is 6.92 Å². The maximum atomic E-state index is 12.2. The van der Waals surface area contributed by atoms with Crippen LogP contribution in [0.2, 0.25) is 0 Å². The molecule has 2 aromatic heterocycles. The molecule has 0 bridgehead atoms. The number of rotatable bonds is 5. The first-order chi connectivity index (χ1) is 13.9. The van der Waals surface area contributed by atoms with E-state index < -0.39 is 15.6 Å². The van der Waals surface area contributed by atoms with Crippen LogP contribution in [0.25, 0.3) is 33.7 Å². The fraction of sp³-hybridized carbons (Fsp3) is 0.111. The molecular formula is C18H16N6O4S. The van der Waals surface area contributed by atoms with Gasteiger partial charge in [-0.2, -0.15) is 0 Å². The van der Waals surface area contributed by atoms with Gasteiger partial charge in [0.15, 0.2) is 11.2 Å². The number of nitrogens with one attached hydrogen (secondary N) is 2. The molecule has 10 nitrogen and oxygen atoms in total. The van der Waals surface area contributed by atoms with Crippen molar-refractivity contribution in [1.82, 2.24) is 25.4 Å². The average Bonchev–Trinajstić information content (AvgIpc) is 3.17. The number of aromatic amines is 2. The average molecular weight is 412 g/mol. The van der Waals surface area contributed by atoms with Crippen LogP contribution in [0.4, 0.5) is 0 Å². The quantitative estimate of drug-likeness (QED) is 0.447. The Morgan fingerprint density at radius 1 is 1.10 bits per heavy atom. The summed E-state index contributed by atoms with van der Waals surface area (Å²) in [7, 11) is -3.76. The number of ether oxygens (including phenoxy) is 1. The summed E-state index contributed by atoms with van der Waals surface area (Å²) in [5.74, 6) is 0.823. The predicted octanol–water partition coefficient (Wildman–Crippen LogP) is 1.42. The molecule has 0 saturated heterocycles. The van der Waals surface area contributed by atoms with Crippen molar-refractivity contribution in [2.45, 2.75) is 11.8 Å². The van der Waals surface area contributed by atoms with Gasteiger partial charge in [0.1, 0.15) is 11.6 Å². The van der Waals surface area contributed by atoms with Gasteiger partial charge in [0.25, 0.3) is 5.56 Å². The maximum absolute atomic E-state index is 12.2. The molecule has 0 spiro atoms. The Morgan fingerprint density at radius 3 is 2.52 bits per heavy atom. The third kappa shape index (κ3) is 3.60. The highest BCUT2D eigenvalue weighted by molar-refractivity contribution is 7.89. The maximum Gasteiger partial charge on any atom is 0.281 e. The Balaban J connectivity index is 1.80. The Bertz CT molecular complexity index is 1360. The van der Waals surface area contributed by atoms with E-state index in [4.69, 9.17) is 9.88 Å². The van der Waals surface area contributed by atoms with Gasteiger partial charge in [0.2, 0.25) is 10.0 Å². The lowest BCUT2D eigenvalue weighted by atomic mass is 10.0. The molecule has 0 unspecified atom stereocenters. The summed E-state index contributed by atoms with van der Waals surface area (Å²) < 4.78 is 28.6. The molecule has 0 atom stereocenters. The number of sulfonamides is 1. The highest BCUT2D eigenvalue weighted by Gasteiger charge is 2.15. The van der Waals surface area contributed by atoms with Crippen LogP contribution in [-0.4, -0.2) is 40.4 Å². The fourth-order valence-electron chi connectivity index (χ4n) is 2.90. The Labute approximate surface area is 164 Å². The van der Waals surface area contributed by atoms with E-state index in [1.54, 1.807) is 24.3 Å². The van der Waals surface area contributed by atoms with Crippen LogP contribution in [-0.2, 0) is 10.0 Å². The van der Waals surface area contributed by atoms with Crippen molar-refractivity contribution in [2.24, 2.45) is 5.14 Å². The van der Waals surface area contributed by atoms with E-state index in [0.717, 1.165) is 11.1 Å². The SMILES string of the molecule is CCOc1cc(-c2ccc(S(N)(=O)=O)cc2)ccc1-c1nc2[nH]nnc2c(=O)[nH]1. The molecule has 0 aliphatic rings. The molecule has 2 heterocycles. The van der Waals surface area contributed by atoms with Crippen molar-refractivity contribution < 1.29 is 13.2 Å². The van der Waals surface area contributed by atoms with Gasteiger partial charge in [-0.1, -0.05) is 23.4 Å². The van der Waals surface area contributed by atoms with Gasteiger partial charge in [-0.05, 0) is 42.3 Å². The molecule has 0 amide bonds. The summed E-state index contributed by atoms with van der Waals surface area (Å²) in [5, 5.41) is 15.0. The predicted molar refractivity (Wildman–Crippen MR) is 106 cm³/mol. The largest absolute Gasteiger partial charge is 0.493 e. The number of aromatic nitrogens is 5. The molecule has 0 fully saturated rings. The number of hydrogen-bond acceptors (Lipinski definition) is 7. The van der Waals surface area contributed by atoms with E-state index in [1.807, 2.05) is 13.0 Å². The summed E-state index contributed by atoms with van der Waals surface area (Å²) in [4.78, 5) is 19.3. The Morgan fingerprint density at radius 2 is 1.83 bits per heavy atom. The summed E-state index contributed by atoms with van der Waals surface area (Å²) in [6.45, 7) is 2.24. The molecule has 4 N–H and O–H groups in total. The highest BCUT2D eigenvalue weighted by Crippen LogP contribution is 2.33. The van der Waals surface area contributed by atoms with Crippen molar-refractivity contribution in [2.75, 3.05) is 6.61 Å². The first-order valence-electron chi connectivity index (χ1n) is 8.58. The minimum atomic E-state index is -3.76. The first kappa shape index (κ1) is 18.8. The van der Waals surface area contributed by atoms with Crippen LogP contribution in [0, 0.1) is 0 Å². The third-order valence-electron chi connectivity index (χ3n) is 4.25. The van der Waals surface area contributed by atoms with E-state index in [1.165, 1.54) is 12.1 Å². The summed E-state index contributed by atoms with van der Waals surface area (Å²) >= 11 is 0. The van der Waals surface area contributed by atoms with Gasteiger partial charge in [-0.15, -0.1) is 5.10 Å². The smallest absolute Gasteiger partial charge is 0.281 e. The molecule has 29 heavy (non-hydrogen) atoms. The molecule has 4 rings (SSSR count). The van der Waals surface area contributed by atoms with Crippen molar-refractivity contribution in [3.63, 3.8) is 0 Å². The zero-order chi connectivity index (χ0) is 20.6. The number of primary sulfonamides is 1. The lowest BCUT2D eigenvalue weighted by molar-refractivity contribution is 0.341. The zero-order valence-corrected chi connectivity index (χ0v) is 16.0. The van der Waals surface area contributed by atoms with Gasteiger partial charge in [0, 0.05) is 0 Å². The second-order valence-electron chi connectivity index (χ2n) is 6.14. The van der Waals surface area contributed by atoms with E-state index >= 15 is 0 Å². The van der Waals surface area contributed by atoms with E-state index in [-0.39, 0.29) is 16.1 Å². The van der Waals surface area contributed by atoms with Crippen LogP contribution in [0.5, 0.6) is 5.75 Å². The Kier molecular flexibility index (Phi) is 4.60. The summed E-state index contributed by atoms with van der Waals surface area (Å²) in [5.41, 5.74) is 2.14. The number of nitrogens with zero attached hydrogens (tertiary/aromatic N) is 3. The zero-order valence-electron chi connectivity index (χ0n) is 15.2. The van der Waals surface area contributed by atoms with Crippen LogP contribution in [0.3, 0.4) is 0 Å². The Hall–Kier alpha value is -3.57. The standard InChI is InChI=1S/C18H16N6O4S/c1-2-28-14-9-11(10-3-6-12(7-4-10)29(19,26)27)5-8-13(14)16-20-17-15(18(25)21-16)22-24-23-17/h3-9H,2H2,1H3,(H2,19,26,27)(H2,20,21,22,23,24,25). The van der Waals surface area contributed by atoms with E-state index in [0.29, 0.717) is 23.7 Å². The lowest BCUT2D eigenvalue weighted by Crippen LogP contribution is -2.11. The normalized spacial score (nSPS) is 11.7. The minimum Gasteiger partial charge on any atom is -0.493 e. The lowest BCUT2D eigenvalue weighted by Gasteiger charge is -2.12. The van der Waals surface area contributed by atoms with Gasteiger partial charge in [-0.25, -0.2) is 23.6 Å². The van der Waals surface area contributed by atoms with Crippen LogP contribution < -0.4 is 15.4 Å². The van der Waals surface area contributed by atoms with E-state index in [2.05, 4.69) is 25.4 Å². The second-order valence-corrected chi connectivity index (χ2v) is 7.70. The molecule has 0 radical (unpaired) electrons. The van der Waals surface area contributed by atoms with E-state index in [9.17, 15) is 13.2 Å². The van der Waals surface area contributed by atoms with Gasteiger partial charge in [-0.3, -0.25) is 4.79 Å².